The first-order chi connectivity index (χ1) is 11.9. The van der Waals surface area contributed by atoms with E-state index in [1.807, 2.05) is 4.90 Å². The number of carbonyl (C=O) groups is 1. The Labute approximate surface area is 149 Å². The molecule has 0 N–H and O–H groups in total. The second-order valence-electron chi connectivity index (χ2n) is 6.96. The summed E-state index contributed by atoms with van der Waals surface area (Å²) in [5, 5.41) is 3.94. The lowest BCUT2D eigenvalue weighted by atomic mass is 10.0. The van der Waals surface area contributed by atoms with Crippen LogP contribution in [0.3, 0.4) is 0 Å². The number of sulfonamides is 1. The van der Waals surface area contributed by atoms with E-state index in [0.717, 1.165) is 19.4 Å². The molecule has 0 radical (unpaired) electrons. The Bertz CT molecular complexity index is 709. The van der Waals surface area contributed by atoms with Crippen LogP contribution in [0.4, 0.5) is 0 Å². The van der Waals surface area contributed by atoms with E-state index in [4.69, 9.17) is 0 Å². The number of carbonyl (C=O) groups excluding carboxylic acids is 1. The van der Waals surface area contributed by atoms with Crippen LogP contribution in [0.15, 0.2) is 17.3 Å². The lowest BCUT2D eigenvalue weighted by Crippen LogP contribution is -2.53. The van der Waals surface area contributed by atoms with Crippen molar-refractivity contribution in [2.24, 2.45) is 7.05 Å². The van der Waals surface area contributed by atoms with Crippen LogP contribution in [0.2, 0.25) is 0 Å². The third-order valence-electron chi connectivity index (χ3n) is 5.13. The van der Waals surface area contributed by atoms with Gasteiger partial charge in [-0.1, -0.05) is 0 Å². The van der Waals surface area contributed by atoms with Crippen LogP contribution in [0.1, 0.15) is 26.2 Å². The Morgan fingerprint density at radius 1 is 1.20 bits per heavy atom. The second kappa shape index (κ2) is 7.43. The van der Waals surface area contributed by atoms with Gasteiger partial charge in [-0.15, -0.1) is 0 Å². The molecule has 8 nitrogen and oxygen atoms in total. The van der Waals surface area contributed by atoms with E-state index in [0.29, 0.717) is 38.8 Å². The molecule has 2 aliphatic rings. The number of hydrogen-bond acceptors (Lipinski definition) is 5. The van der Waals surface area contributed by atoms with Gasteiger partial charge in [0.2, 0.25) is 15.9 Å². The summed E-state index contributed by atoms with van der Waals surface area (Å²) in [6, 6.07) is 0.313. The third-order valence-corrected chi connectivity index (χ3v) is 6.98. The van der Waals surface area contributed by atoms with Crippen LogP contribution in [0.5, 0.6) is 0 Å². The standard InChI is InChI=1S/C16H27N5O3S/c1-14-5-3-4-6-21(14)16(22)13-19-7-9-20(10-8-19)25(23,24)15-11-17-18(2)12-15/h11-12,14H,3-10,13H2,1-2H3/t14-/m0/s1. The molecule has 0 aromatic carbocycles. The summed E-state index contributed by atoms with van der Waals surface area (Å²) in [5.41, 5.74) is 0. The number of rotatable bonds is 4. The minimum Gasteiger partial charge on any atom is -0.339 e. The van der Waals surface area contributed by atoms with E-state index in [1.54, 1.807) is 7.05 Å². The lowest BCUT2D eigenvalue weighted by molar-refractivity contribution is -0.135. The van der Waals surface area contributed by atoms with E-state index in [-0.39, 0.29) is 10.8 Å². The molecule has 0 aliphatic carbocycles. The highest BCUT2D eigenvalue weighted by Gasteiger charge is 2.31. The molecule has 3 heterocycles. The van der Waals surface area contributed by atoms with Gasteiger partial charge in [0.25, 0.3) is 0 Å². The first-order valence-corrected chi connectivity index (χ1v) is 10.3. The first kappa shape index (κ1) is 18.3. The van der Waals surface area contributed by atoms with Crippen LogP contribution < -0.4 is 0 Å². The summed E-state index contributed by atoms with van der Waals surface area (Å²) in [5.74, 6) is 0.163. The number of likely N-dealkylation sites (tertiary alicyclic amines) is 1. The molecule has 140 valence electrons. The average molecular weight is 369 g/mol. The van der Waals surface area contributed by atoms with Crippen LogP contribution in [-0.2, 0) is 21.9 Å². The number of nitrogens with zero attached hydrogens (tertiary/aromatic N) is 5. The molecule has 3 rings (SSSR count). The summed E-state index contributed by atoms with van der Waals surface area (Å²) in [6.07, 6.45) is 6.23. The molecule has 2 saturated heterocycles. The average Bonchev–Trinajstić information content (AvgIpc) is 3.03. The van der Waals surface area contributed by atoms with Gasteiger partial charge in [-0.2, -0.15) is 9.40 Å². The largest absolute Gasteiger partial charge is 0.339 e. The Hall–Kier alpha value is -1.45. The fraction of sp³-hybridized carbons (Fsp3) is 0.750. The minimum absolute atomic E-state index is 0.163. The van der Waals surface area contributed by atoms with Crippen LogP contribution in [0, 0.1) is 0 Å². The number of hydrogen-bond donors (Lipinski definition) is 0. The van der Waals surface area contributed by atoms with E-state index >= 15 is 0 Å². The zero-order valence-corrected chi connectivity index (χ0v) is 15.8. The smallest absolute Gasteiger partial charge is 0.246 e. The van der Waals surface area contributed by atoms with Crippen molar-refractivity contribution in [2.45, 2.75) is 37.1 Å². The zero-order valence-electron chi connectivity index (χ0n) is 15.0. The van der Waals surface area contributed by atoms with E-state index in [1.165, 1.54) is 27.8 Å². The SMILES string of the molecule is C[C@H]1CCCCN1C(=O)CN1CCN(S(=O)(=O)c2cnn(C)c2)CC1. The van der Waals surface area contributed by atoms with Gasteiger partial charge in [0.05, 0.1) is 12.7 Å². The molecule has 0 saturated carbocycles. The maximum atomic E-state index is 12.6. The predicted molar refractivity (Wildman–Crippen MR) is 93.4 cm³/mol. The van der Waals surface area contributed by atoms with Crippen molar-refractivity contribution in [2.75, 3.05) is 39.3 Å². The van der Waals surface area contributed by atoms with Gasteiger partial charge in [0.15, 0.2) is 0 Å². The van der Waals surface area contributed by atoms with Gasteiger partial charge in [-0.25, -0.2) is 8.42 Å². The zero-order chi connectivity index (χ0) is 18.0. The highest BCUT2D eigenvalue weighted by atomic mass is 32.2. The topological polar surface area (TPSA) is 78.8 Å². The Morgan fingerprint density at radius 3 is 2.52 bits per heavy atom. The van der Waals surface area contributed by atoms with Gasteiger partial charge in [0, 0.05) is 52.0 Å². The van der Waals surface area contributed by atoms with E-state index < -0.39 is 10.0 Å². The van der Waals surface area contributed by atoms with E-state index in [9.17, 15) is 13.2 Å². The highest BCUT2D eigenvalue weighted by molar-refractivity contribution is 7.89. The molecular weight excluding hydrogens is 342 g/mol. The van der Waals surface area contributed by atoms with Gasteiger partial charge in [-0.05, 0) is 26.2 Å². The van der Waals surface area contributed by atoms with Crippen molar-refractivity contribution in [3.63, 3.8) is 0 Å². The van der Waals surface area contributed by atoms with Crippen molar-refractivity contribution in [3.05, 3.63) is 12.4 Å². The molecule has 2 aliphatic heterocycles. The van der Waals surface area contributed by atoms with Crippen LogP contribution in [-0.4, -0.2) is 83.5 Å². The molecule has 0 spiro atoms. The number of amides is 1. The predicted octanol–water partition coefficient (Wildman–Crippen LogP) is 0.127. The van der Waals surface area contributed by atoms with E-state index in [2.05, 4.69) is 16.9 Å². The molecular formula is C16H27N5O3S. The number of piperidine rings is 1. The summed E-state index contributed by atoms with van der Waals surface area (Å²) >= 11 is 0. The van der Waals surface area contributed by atoms with Crippen molar-refractivity contribution < 1.29 is 13.2 Å². The molecule has 1 amide bonds. The van der Waals surface area contributed by atoms with Gasteiger partial charge >= 0.3 is 0 Å². The van der Waals surface area contributed by atoms with Gasteiger partial charge in [-0.3, -0.25) is 14.4 Å². The number of aromatic nitrogens is 2. The Kier molecular flexibility index (Phi) is 5.45. The summed E-state index contributed by atoms with van der Waals surface area (Å²) in [4.78, 5) is 16.8. The molecule has 0 bridgehead atoms. The van der Waals surface area contributed by atoms with Crippen molar-refractivity contribution in [1.29, 1.82) is 0 Å². The molecule has 1 aromatic rings. The van der Waals surface area contributed by atoms with Crippen molar-refractivity contribution in [1.82, 2.24) is 23.9 Å². The first-order valence-electron chi connectivity index (χ1n) is 8.88. The summed E-state index contributed by atoms with van der Waals surface area (Å²) < 4.78 is 28.2. The molecule has 1 atom stereocenters. The number of piperazine rings is 1. The summed E-state index contributed by atoms with van der Waals surface area (Å²) in [6.45, 7) is 5.29. The molecule has 25 heavy (non-hydrogen) atoms. The van der Waals surface area contributed by atoms with Crippen LogP contribution in [0.25, 0.3) is 0 Å². The van der Waals surface area contributed by atoms with Crippen LogP contribution >= 0.6 is 0 Å². The Balaban J connectivity index is 1.54. The normalized spacial score (nSPS) is 23.8. The molecule has 9 heteroatoms. The maximum Gasteiger partial charge on any atom is 0.246 e. The molecule has 0 unspecified atom stereocenters. The number of aryl methyl sites for hydroxylation is 1. The maximum absolute atomic E-state index is 12.6. The van der Waals surface area contributed by atoms with Crippen molar-refractivity contribution >= 4 is 15.9 Å². The van der Waals surface area contributed by atoms with Crippen molar-refractivity contribution in [3.8, 4) is 0 Å². The second-order valence-corrected chi connectivity index (χ2v) is 8.90. The van der Waals surface area contributed by atoms with Gasteiger partial charge in [0.1, 0.15) is 4.90 Å². The quantitative estimate of drug-likeness (QED) is 0.754. The molecule has 2 fully saturated rings. The minimum atomic E-state index is -3.49. The van der Waals surface area contributed by atoms with Gasteiger partial charge < -0.3 is 4.90 Å². The highest BCUT2D eigenvalue weighted by Crippen LogP contribution is 2.19. The lowest BCUT2D eigenvalue weighted by Gasteiger charge is -2.37. The molecule has 1 aromatic heterocycles. The fourth-order valence-corrected chi connectivity index (χ4v) is 4.97. The monoisotopic (exact) mass is 369 g/mol. The summed E-state index contributed by atoms with van der Waals surface area (Å²) in [7, 11) is -1.80. The third kappa shape index (κ3) is 4.04. The Morgan fingerprint density at radius 2 is 1.92 bits per heavy atom. The fourth-order valence-electron chi connectivity index (χ4n) is 3.56.